The molecule has 0 saturated heterocycles. The Morgan fingerprint density at radius 3 is 1.18 bits per heavy atom. The first-order valence-electron chi connectivity index (χ1n) is 23.0. The van der Waals surface area contributed by atoms with E-state index < -0.39 is 6.10 Å². The highest BCUT2D eigenvalue weighted by Gasteiger charge is 2.16. The van der Waals surface area contributed by atoms with E-state index in [0.717, 1.165) is 83.5 Å². The zero-order chi connectivity index (χ0) is 40.0. The van der Waals surface area contributed by atoms with Crippen molar-refractivity contribution in [3.8, 4) is 0 Å². The second-order valence-electron chi connectivity index (χ2n) is 15.1. The lowest BCUT2D eigenvalue weighted by atomic mass is 10.0. The molecule has 0 aliphatic rings. The number of allylic oxidation sites excluding steroid dienone is 12. The second-order valence-corrected chi connectivity index (χ2v) is 15.1. The summed E-state index contributed by atoms with van der Waals surface area (Å²) in [6.45, 7) is 4.02. The van der Waals surface area contributed by atoms with Crippen molar-refractivity contribution in [1.29, 1.82) is 0 Å². The van der Waals surface area contributed by atoms with Gasteiger partial charge in [-0.3, -0.25) is 9.59 Å². The molecular formula is C50H86O5. The van der Waals surface area contributed by atoms with E-state index in [4.69, 9.17) is 9.47 Å². The molecule has 1 atom stereocenters. The van der Waals surface area contributed by atoms with Crippen molar-refractivity contribution in [2.75, 3.05) is 13.2 Å². The summed E-state index contributed by atoms with van der Waals surface area (Å²) in [6, 6.07) is 0. The van der Waals surface area contributed by atoms with Crippen molar-refractivity contribution in [1.82, 2.24) is 0 Å². The largest absolute Gasteiger partial charge is 0.462 e. The first-order valence-corrected chi connectivity index (χ1v) is 23.0. The molecule has 0 spiro atoms. The zero-order valence-corrected chi connectivity index (χ0v) is 35.9. The molecule has 0 aliphatic heterocycles. The lowest BCUT2D eigenvalue weighted by Gasteiger charge is -2.15. The average Bonchev–Trinajstić information content (AvgIpc) is 3.19. The van der Waals surface area contributed by atoms with Gasteiger partial charge in [0.25, 0.3) is 0 Å². The maximum atomic E-state index is 12.2. The Morgan fingerprint density at radius 1 is 0.436 bits per heavy atom. The molecule has 5 heteroatoms. The quantitative estimate of drug-likeness (QED) is 0.0381. The number of carbonyl (C=O) groups is 2. The molecule has 1 unspecified atom stereocenters. The molecule has 0 aliphatic carbocycles. The van der Waals surface area contributed by atoms with Crippen molar-refractivity contribution in [2.45, 2.75) is 219 Å². The van der Waals surface area contributed by atoms with Crippen LogP contribution in [-0.4, -0.2) is 36.4 Å². The Kier molecular flexibility index (Phi) is 43.5. The zero-order valence-electron chi connectivity index (χ0n) is 35.9. The lowest BCUT2D eigenvalue weighted by Crippen LogP contribution is -2.28. The average molecular weight is 767 g/mol. The van der Waals surface area contributed by atoms with Crippen LogP contribution in [0.1, 0.15) is 213 Å². The summed E-state index contributed by atoms with van der Waals surface area (Å²) in [5.41, 5.74) is 0. The fraction of sp³-hybridized carbons (Fsp3) is 0.720. The van der Waals surface area contributed by atoms with E-state index in [1.54, 1.807) is 0 Å². The van der Waals surface area contributed by atoms with Gasteiger partial charge in [0.05, 0.1) is 6.61 Å². The van der Waals surface area contributed by atoms with E-state index in [-0.39, 0.29) is 25.2 Å². The van der Waals surface area contributed by atoms with Crippen LogP contribution in [-0.2, 0) is 19.1 Å². The third-order valence-electron chi connectivity index (χ3n) is 9.76. The van der Waals surface area contributed by atoms with E-state index in [1.807, 2.05) is 0 Å². The van der Waals surface area contributed by atoms with E-state index in [2.05, 4.69) is 86.8 Å². The molecule has 0 fully saturated rings. The number of unbranched alkanes of at least 4 members (excludes halogenated alkanes) is 21. The monoisotopic (exact) mass is 767 g/mol. The molecule has 55 heavy (non-hydrogen) atoms. The van der Waals surface area contributed by atoms with Crippen LogP contribution in [0.15, 0.2) is 72.9 Å². The predicted molar refractivity (Wildman–Crippen MR) is 237 cm³/mol. The molecule has 0 heterocycles. The van der Waals surface area contributed by atoms with Gasteiger partial charge < -0.3 is 14.6 Å². The standard InChI is InChI=1S/C50H86O5/c1-3-5-7-9-11-13-15-17-19-21-22-23-24-25-26-27-28-29-31-33-35-37-39-41-43-45-50(53)55-48(46-51)47-54-49(52)44-42-40-38-36-34-32-30-20-18-16-14-12-10-8-6-4-2/h5,7,11,13,17,19,22-23,25-26,28-29,48,51H,3-4,6,8-10,12,14-16,18,20-21,24,27,30-47H2,1-2H3/b7-5-,13-11-,19-17-,23-22-,26-25-,29-28-. The normalized spacial score (nSPS) is 12.9. The summed E-state index contributed by atoms with van der Waals surface area (Å²) in [7, 11) is 0. The molecule has 0 rings (SSSR count). The molecule has 1 N–H and O–H groups in total. The van der Waals surface area contributed by atoms with Crippen LogP contribution in [0.4, 0.5) is 0 Å². The number of carbonyl (C=O) groups excluding carboxylic acids is 2. The summed E-state index contributed by atoms with van der Waals surface area (Å²) >= 11 is 0. The van der Waals surface area contributed by atoms with Crippen LogP contribution in [0.5, 0.6) is 0 Å². The third-order valence-corrected chi connectivity index (χ3v) is 9.76. The predicted octanol–water partition coefficient (Wildman–Crippen LogP) is 14.9. The highest BCUT2D eigenvalue weighted by atomic mass is 16.6. The Morgan fingerprint density at radius 2 is 0.782 bits per heavy atom. The molecule has 0 bridgehead atoms. The van der Waals surface area contributed by atoms with Crippen molar-refractivity contribution < 1.29 is 24.2 Å². The Balaban J connectivity index is 3.59. The SMILES string of the molecule is CC/C=C\C/C=C\C/C=C\C/C=C\C/C=C\C/C=C\CCCCCCCCC(=O)OC(CO)COC(=O)CCCCCCCCCCCCCCCCCC. The van der Waals surface area contributed by atoms with Gasteiger partial charge in [-0.2, -0.15) is 0 Å². The topological polar surface area (TPSA) is 72.8 Å². The van der Waals surface area contributed by atoms with Crippen LogP contribution >= 0.6 is 0 Å². The van der Waals surface area contributed by atoms with Gasteiger partial charge in [-0.15, -0.1) is 0 Å². The number of esters is 2. The summed E-state index contributed by atoms with van der Waals surface area (Å²) in [6.07, 6.45) is 61.2. The van der Waals surface area contributed by atoms with Gasteiger partial charge in [-0.1, -0.05) is 209 Å². The maximum absolute atomic E-state index is 12.2. The molecule has 316 valence electrons. The van der Waals surface area contributed by atoms with E-state index in [1.165, 1.54) is 103 Å². The minimum atomic E-state index is -0.781. The molecule has 0 amide bonds. The second kappa shape index (κ2) is 45.7. The fourth-order valence-electron chi connectivity index (χ4n) is 6.32. The van der Waals surface area contributed by atoms with Gasteiger partial charge in [0.2, 0.25) is 0 Å². The first kappa shape index (κ1) is 52.3. The Hall–Kier alpha value is -2.66. The summed E-state index contributed by atoms with van der Waals surface area (Å²) in [4.78, 5) is 24.4. The van der Waals surface area contributed by atoms with Crippen LogP contribution < -0.4 is 0 Å². The minimum Gasteiger partial charge on any atom is -0.462 e. The van der Waals surface area contributed by atoms with Crippen molar-refractivity contribution in [3.63, 3.8) is 0 Å². The van der Waals surface area contributed by atoms with Gasteiger partial charge in [0.1, 0.15) is 6.61 Å². The highest BCUT2D eigenvalue weighted by Crippen LogP contribution is 2.15. The van der Waals surface area contributed by atoms with Crippen LogP contribution in [0.2, 0.25) is 0 Å². The third kappa shape index (κ3) is 43.9. The number of hydrogen-bond donors (Lipinski definition) is 1. The molecular weight excluding hydrogens is 681 g/mol. The Bertz CT molecular complexity index is 1000. The number of ether oxygens (including phenoxy) is 2. The summed E-state index contributed by atoms with van der Waals surface area (Å²) in [5, 5.41) is 9.60. The van der Waals surface area contributed by atoms with Crippen LogP contribution in [0.25, 0.3) is 0 Å². The summed E-state index contributed by atoms with van der Waals surface area (Å²) < 4.78 is 10.6. The molecule has 0 aromatic carbocycles. The molecule has 0 saturated carbocycles. The highest BCUT2D eigenvalue weighted by molar-refractivity contribution is 5.70. The Labute approximate surface area is 340 Å². The molecule has 0 aromatic rings. The van der Waals surface area contributed by atoms with Crippen molar-refractivity contribution in [3.05, 3.63) is 72.9 Å². The minimum absolute atomic E-state index is 0.0727. The van der Waals surface area contributed by atoms with E-state index in [9.17, 15) is 14.7 Å². The van der Waals surface area contributed by atoms with Gasteiger partial charge in [0.15, 0.2) is 6.10 Å². The number of rotatable bonds is 41. The molecule has 0 radical (unpaired) electrons. The van der Waals surface area contributed by atoms with Crippen molar-refractivity contribution >= 4 is 11.9 Å². The van der Waals surface area contributed by atoms with E-state index >= 15 is 0 Å². The maximum Gasteiger partial charge on any atom is 0.306 e. The molecule has 5 nitrogen and oxygen atoms in total. The van der Waals surface area contributed by atoms with Gasteiger partial charge in [-0.25, -0.2) is 0 Å². The van der Waals surface area contributed by atoms with Crippen LogP contribution in [0.3, 0.4) is 0 Å². The molecule has 0 aromatic heterocycles. The van der Waals surface area contributed by atoms with E-state index in [0.29, 0.717) is 12.8 Å². The van der Waals surface area contributed by atoms with Gasteiger partial charge in [0, 0.05) is 12.8 Å². The van der Waals surface area contributed by atoms with Crippen molar-refractivity contribution in [2.24, 2.45) is 0 Å². The fourth-order valence-corrected chi connectivity index (χ4v) is 6.32. The first-order chi connectivity index (χ1) is 27.1. The number of hydrogen-bond acceptors (Lipinski definition) is 5. The number of aliphatic hydroxyl groups is 1. The van der Waals surface area contributed by atoms with Crippen LogP contribution in [0, 0.1) is 0 Å². The van der Waals surface area contributed by atoms with Gasteiger partial charge in [-0.05, 0) is 64.2 Å². The van der Waals surface area contributed by atoms with Gasteiger partial charge >= 0.3 is 11.9 Å². The summed E-state index contributed by atoms with van der Waals surface area (Å²) in [5.74, 6) is -0.605. The smallest absolute Gasteiger partial charge is 0.306 e. The number of aliphatic hydroxyl groups excluding tert-OH is 1. The lowest BCUT2D eigenvalue weighted by molar-refractivity contribution is -0.161.